The highest BCUT2D eigenvalue weighted by atomic mass is 16.5. The van der Waals surface area contributed by atoms with Crippen LogP contribution < -0.4 is 4.74 Å². The molecule has 0 bridgehead atoms. The molecule has 0 aliphatic heterocycles. The molecule has 2 saturated carbocycles. The Morgan fingerprint density at radius 1 is 1.31 bits per heavy atom. The summed E-state index contributed by atoms with van der Waals surface area (Å²) in [6, 6.07) is 6.63. The van der Waals surface area contributed by atoms with E-state index >= 15 is 0 Å². The van der Waals surface area contributed by atoms with Gasteiger partial charge < -0.3 is 9.64 Å². The molecule has 0 amide bonds. The first-order chi connectivity index (χ1) is 12.5. The maximum Gasteiger partial charge on any atom is 0.166 e. The number of hydrogen-bond acceptors (Lipinski definition) is 3. The molecule has 140 valence electrons. The van der Waals surface area contributed by atoms with E-state index in [1.54, 1.807) is 7.11 Å². The molecule has 2 fully saturated rings. The van der Waals surface area contributed by atoms with Crippen LogP contribution in [-0.4, -0.2) is 31.9 Å². The largest absolute Gasteiger partial charge is 0.497 e. The Hall–Kier alpha value is -1.77. The normalized spacial score (nSPS) is 34.2. The highest BCUT2D eigenvalue weighted by Crippen LogP contribution is 2.62. The molecule has 0 heterocycles. The number of methoxy groups -OCH3 is 1. The zero-order valence-electron chi connectivity index (χ0n) is 16.5. The number of carbonyl (C=O) groups is 1. The van der Waals surface area contributed by atoms with Crippen molar-refractivity contribution in [2.45, 2.75) is 51.4 Å². The maximum atomic E-state index is 13.3. The molecule has 0 aromatic heterocycles. The molecule has 1 aromatic rings. The number of Topliss-reactive ketones (excluding diaryl/α,β-unsaturated/α-hetero) is 1. The first-order valence-electron chi connectivity index (χ1n) is 10.1. The predicted molar refractivity (Wildman–Crippen MR) is 104 cm³/mol. The summed E-state index contributed by atoms with van der Waals surface area (Å²) < 4.78 is 5.43. The molecule has 0 saturated heterocycles. The minimum atomic E-state index is -0.104. The van der Waals surface area contributed by atoms with Gasteiger partial charge in [-0.1, -0.05) is 13.0 Å². The van der Waals surface area contributed by atoms with E-state index in [1.807, 2.05) is 19.0 Å². The van der Waals surface area contributed by atoms with Crippen molar-refractivity contribution in [1.82, 2.24) is 4.90 Å². The monoisotopic (exact) mass is 353 g/mol. The van der Waals surface area contributed by atoms with Crippen LogP contribution in [0.1, 0.15) is 56.1 Å². The highest BCUT2D eigenvalue weighted by molar-refractivity contribution is 6.02. The van der Waals surface area contributed by atoms with Gasteiger partial charge >= 0.3 is 0 Å². The van der Waals surface area contributed by atoms with E-state index < -0.39 is 0 Å². The molecule has 26 heavy (non-hydrogen) atoms. The van der Waals surface area contributed by atoms with Gasteiger partial charge in [-0.25, -0.2) is 0 Å². The third-order valence-corrected chi connectivity index (χ3v) is 7.37. The Bertz CT molecular complexity index is 751. The second kappa shape index (κ2) is 6.44. The van der Waals surface area contributed by atoms with Gasteiger partial charge in [0.1, 0.15) is 5.75 Å². The zero-order valence-corrected chi connectivity index (χ0v) is 16.5. The average Bonchev–Trinajstić information content (AvgIpc) is 2.93. The number of carbonyl (C=O) groups excluding carboxylic acids is 1. The van der Waals surface area contributed by atoms with E-state index in [4.69, 9.17) is 4.74 Å². The van der Waals surface area contributed by atoms with Crippen LogP contribution >= 0.6 is 0 Å². The van der Waals surface area contributed by atoms with Gasteiger partial charge in [-0.05, 0) is 79.5 Å². The summed E-state index contributed by atoms with van der Waals surface area (Å²) in [5.74, 6) is 3.17. The van der Waals surface area contributed by atoms with Gasteiger partial charge in [0.25, 0.3) is 0 Å². The van der Waals surface area contributed by atoms with Crippen LogP contribution in [-0.2, 0) is 11.2 Å². The fourth-order valence-corrected chi connectivity index (χ4v) is 6.20. The van der Waals surface area contributed by atoms with Gasteiger partial charge in [-0.15, -0.1) is 0 Å². The molecule has 3 heteroatoms. The Labute approximate surface area is 157 Å². The standard InChI is InChI=1S/C23H31NO2/c1-5-23-11-10-19-18-9-7-17(26-4)12-15(18)6-8-20(19)21(23)13-16(22(23)25)14-24(2)3/h7,9,12,14,19-21H,5-6,8,10-11,13H2,1-4H3/t19-,20-,21+,23+/m1/s1. The summed E-state index contributed by atoms with van der Waals surface area (Å²) in [6.45, 7) is 2.23. The van der Waals surface area contributed by atoms with Crippen LogP contribution in [0.5, 0.6) is 5.75 Å². The van der Waals surface area contributed by atoms with E-state index in [-0.39, 0.29) is 5.41 Å². The third-order valence-electron chi connectivity index (χ3n) is 7.37. The average molecular weight is 354 g/mol. The quantitative estimate of drug-likeness (QED) is 0.746. The molecule has 0 unspecified atom stereocenters. The Morgan fingerprint density at radius 2 is 2.12 bits per heavy atom. The van der Waals surface area contributed by atoms with Crippen LogP contribution in [0.25, 0.3) is 0 Å². The zero-order chi connectivity index (χ0) is 18.5. The molecule has 3 aliphatic carbocycles. The molecule has 4 rings (SSSR count). The highest BCUT2D eigenvalue weighted by Gasteiger charge is 2.58. The fourth-order valence-electron chi connectivity index (χ4n) is 6.20. The Kier molecular flexibility index (Phi) is 4.37. The molecule has 1 aromatic carbocycles. The fraction of sp³-hybridized carbons (Fsp3) is 0.609. The van der Waals surface area contributed by atoms with Gasteiger partial charge in [0, 0.05) is 31.3 Å². The molecular weight excluding hydrogens is 322 g/mol. The Balaban J connectivity index is 1.70. The number of nitrogens with zero attached hydrogens (tertiary/aromatic N) is 1. The summed E-state index contributed by atoms with van der Waals surface area (Å²) in [5, 5.41) is 0. The predicted octanol–water partition coefficient (Wildman–Crippen LogP) is 4.57. The van der Waals surface area contributed by atoms with Gasteiger partial charge in [0.15, 0.2) is 5.78 Å². The van der Waals surface area contributed by atoms with Crippen LogP contribution in [0.4, 0.5) is 0 Å². The van der Waals surface area contributed by atoms with Crippen LogP contribution in [0.3, 0.4) is 0 Å². The lowest BCUT2D eigenvalue weighted by Gasteiger charge is -2.49. The molecule has 0 radical (unpaired) electrons. The van der Waals surface area contributed by atoms with Crippen LogP contribution in [0.15, 0.2) is 30.0 Å². The lowest BCUT2D eigenvalue weighted by Crippen LogP contribution is -2.44. The van der Waals surface area contributed by atoms with Gasteiger partial charge in [-0.3, -0.25) is 4.79 Å². The lowest BCUT2D eigenvalue weighted by atomic mass is 9.54. The van der Waals surface area contributed by atoms with Crippen molar-refractivity contribution < 1.29 is 9.53 Å². The van der Waals surface area contributed by atoms with Crippen molar-refractivity contribution in [3.63, 3.8) is 0 Å². The van der Waals surface area contributed by atoms with E-state index in [9.17, 15) is 4.79 Å². The molecular formula is C23H31NO2. The van der Waals surface area contributed by atoms with Crippen molar-refractivity contribution in [2.24, 2.45) is 17.3 Å². The van der Waals surface area contributed by atoms with Crippen molar-refractivity contribution in [3.8, 4) is 5.75 Å². The van der Waals surface area contributed by atoms with E-state index in [2.05, 4.69) is 31.3 Å². The number of hydrogen-bond donors (Lipinski definition) is 0. The van der Waals surface area contributed by atoms with Crippen LogP contribution in [0.2, 0.25) is 0 Å². The SMILES string of the molecule is CC[C@]12CC[C@@H]3c4ccc(OC)cc4CC[C@H]3[C@@H]1CC(=CN(C)C)C2=O. The molecule has 3 nitrogen and oxygen atoms in total. The number of ether oxygens (including phenoxy) is 1. The van der Waals surface area contributed by atoms with Crippen molar-refractivity contribution in [1.29, 1.82) is 0 Å². The number of ketones is 1. The first kappa shape index (κ1) is 17.6. The molecule has 4 atom stereocenters. The molecule has 0 spiro atoms. The van der Waals surface area contributed by atoms with Gasteiger partial charge in [0.2, 0.25) is 0 Å². The molecule has 0 N–H and O–H groups in total. The topological polar surface area (TPSA) is 29.5 Å². The number of benzene rings is 1. The lowest BCUT2D eigenvalue weighted by molar-refractivity contribution is -0.128. The summed E-state index contributed by atoms with van der Waals surface area (Å²) in [7, 11) is 5.79. The number of fused-ring (bicyclic) bond motifs is 5. The van der Waals surface area contributed by atoms with Crippen molar-refractivity contribution in [2.75, 3.05) is 21.2 Å². The van der Waals surface area contributed by atoms with E-state index in [0.29, 0.717) is 23.5 Å². The second-order valence-corrected chi connectivity index (χ2v) is 8.68. The van der Waals surface area contributed by atoms with E-state index in [0.717, 1.165) is 43.4 Å². The first-order valence-corrected chi connectivity index (χ1v) is 10.1. The van der Waals surface area contributed by atoms with Gasteiger partial charge in [0.05, 0.1) is 7.11 Å². The minimum Gasteiger partial charge on any atom is -0.497 e. The van der Waals surface area contributed by atoms with E-state index in [1.165, 1.54) is 17.5 Å². The smallest absolute Gasteiger partial charge is 0.166 e. The van der Waals surface area contributed by atoms with Crippen LogP contribution in [0, 0.1) is 17.3 Å². The summed E-state index contributed by atoms with van der Waals surface area (Å²) in [4.78, 5) is 15.4. The Morgan fingerprint density at radius 3 is 2.81 bits per heavy atom. The minimum absolute atomic E-state index is 0.104. The molecule has 3 aliphatic rings. The number of aryl methyl sites for hydroxylation is 1. The third kappa shape index (κ3) is 2.51. The summed E-state index contributed by atoms with van der Waals surface area (Å²) in [5.41, 5.74) is 3.93. The number of rotatable bonds is 3. The maximum absolute atomic E-state index is 13.3. The van der Waals surface area contributed by atoms with Gasteiger partial charge in [-0.2, -0.15) is 0 Å². The van der Waals surface area contributed by atoms with Crippen molar-refractivity contribution in [3.05, 3.63) is 41.1 Å². The summed E-state index contributed by atoms with van der Waals surface area (Å²) >= 11 is 0. The second-order valence-electron chi connectivity index (χ2n) is 8.68. The summed E-state index contributed by atoms with van der Waals surface area (Å²) in [6.07, 6.45) is 8.55. The number of allylic oxidation sites excluding steroid dienone is 1. The van der Waals surface area contributed by atoms with Crippen molar-refractivity contribution >= 4 is 5.78 Å².